The van der Waals surface area contributed by atoms with Crippen molar-refractivity contribution < 1.29 is 0 Å². The third kappa shape index (κ3) is 5.25. The van der Waals surface area contributed by atoms with E-state index in [0.717, 1.165) is 54.7 Å². The van der Waals surface area contributed by atoms with Crippen molar-refractivity contribution in [2.75, 3.05) is 32.1 Å². The number of fused-ring (bicyclic) bond motifs is 1. The lowest BCUT2D eigenvalue weighted by Crippen LogP contribution is -2.38. The zero-order valence-electron chi connectivity index (χ0n) is 17.8. The third-order valence-electron chi connectivity index (χ3n) is 4.74. The van der Waals surface area contributed by atoms with Crippen LogP contribution >= 0.6 is 0 Å². The van der Waals surface area contributed by atoms with Gasteiger partial charge in [0.2, 0.25) is 0 Å². The van der Waals surface area contributed by atoms with Crippen LogP contribution in [-0.2, 0) is 13.1 Å². The van der Waals surface area contributed by atoms with Gasteiger partial charge in [-0.3, -0.25) is 0 Å². The van der Waals surface area contributed by atoms with Crippen LogP contribution in [0.15, 0.2) is 47.6 Å². The fourth-order valence-corrected chi connectivity index (χ4v) is 3.38. The van der Waals surface area contributed by atoms with E-state index in [-0.39, 0.29) is 0 Å². The normalized spacial score (nSPS) is 11.7. The highest BCUT2D eigenvalue weighted by atomic mass is 15.2. The van der Waals surface area contributed by atoms with E-state index in [1.54, 1.807) is 0 Å². The maximum atomic E-state index is 4.74. The van der Waals surface area contributed by atoms with Crippen molar-refractivity contribution in [2.45, 2.75) is 33.4 Å². The van der Waals surface area contributed by atoms with Crippen LogP contribution in [-0.4, -0.2) is 47.7 Å². The van der Waals surface area contributed by atoms with Crippen molar-refractivity contribution in [1.29, 1.82) is 0 Å². The fourth-order valence-electron chi connectivity index (χ4n) is 3.38. The number of benzene rings is 1. The van der Waals surface area contributed by atoms with Crippen molar-refractivity contribution in [3.8, 4) is 0 Å². The molecule has 0 saturated carbocycles. The summed E-state index contributed by atoms with van der Waals surface area (Å²) in [6.45, 7) is 7.31. The summed E-state index contributed by atoms with van der Waals surface area (Å²) in [5.74, 6) is 2.84. The number of guanidine groups is 1. The van der Waals surface area contributed by atoms with E-state index in [2.05, 4.69) is 63.3 Å². The molecule has 0 aliphatic carbocycles. The molecular weight excluding hydrogens is 362 g/mol. The molecule has 2 N–H and O–H groups in total. The van der Waals surface area contributed by atoms with E-state index in [0.29, 0.717) is 6.54 Å². The first-order chi connectivity index (χ1) is 14.1. The Morgan fingerprint density at radius 3 is 2.76 bits per heavy atom. The average molecular weight is 394 g/mol. The lowest BCUT2D eigenvalue weighted by molar-refractivity contribution is 0.624. The van der Waals surface area contributed by atoms with Crippen LogP contribution in [0.1, 0.15) is 24.7 Å². The van der Waals surface area contributed by atoms with Crippen LogP contribution < -0.4 is 15.5 Å². The van der Waals surface area contributed by atoms with Crippen LogP contribution in [0.3, 0.4) is 0 Å². The van der Waals surface area contributed by atoms with Gasteiger partial charge in [-0.2, -0.15) is 0 Å². The molecule has 0 unspecified atom stereocenters. The molecule has 0 spiro atoms. The van der Waals surface area contributed by atoms with Gasteiger partial charge >= 0.3 is 0 Å². The molecule has 0 aliphatic heterocycles. The SMILES string of the molecule is CCNC(=NCc1cccnc1N(C)C)NCCCn1c(C)nc2ccccc21. The minimum Gasteiger partial charge on any atom is -0.362 e. The van der Waals surface area contributed by atoms with Gasteiger partial charge < -0.3 is 20.1 Å². The van der Waals surface area contributed by atoms with Gasteiger partial charge in [0.25, 0.3) is 0 Å². The third-order valence-corrected chi connectivity index (χ3v) is 4.74. The Balaban J connectivity index is 1.58. The molecule has 3 rings (SSSR count). The minimum absolute atomic E-state index is 0.585. The first-order valence-corrected chi connectivity index (χ1v) is 10.2. The zero-order valence-corrected chi connectivity index (χ0v) is 17.8. The van der Waals surface area contributed by atoms with Crippen molar-refractivity contribution in [3.05, 3.63) is 54.0 Å². The molecule has 0 amide bonds. The standard InChI is InChI=1S/C22H31N7/c1-5-23-22(26-16-18-10-8-13-24-21(18)28(3)4)25-14-9-15-29-17(2)27-19-11-6-7-12-20(19)29/h6-8,10-13H,5,9,14-16H2,1-4H3,(H2,23,25,26). The number of aliphatic imine (C=N–C) groups is 1. The molecule has 7 heteroatoms. The van der Waals surface area contributed by atoms with Crippen LogP contribution in [0.25, 0.3) is 11.0 Å². The Morgan fingerprint density at radius 1 is 1.14 bits per heavy atom. The molecule has 2 aromatic heterocycles. The second kappa shape index (κ2) is 9.91. The van der Waals surface area contributed by atoms with Gasteiger partial charge in [-0.1, -0.05) is 18.2 Å². The second-order valence-corrected chi connectivity index (χ2v) is 7.16. The monoisotopic (exact) mass is 393 g/mol. The molecule has 0 fully saturated rings. The average Bonchev–Trinajstić information content (AvgIpc) is 3.04. The number of hydrogen-bond acceptors (Lipinski definition) is 4. The van der Waals surface area contributed by atoms with Gasteiger partial charge in [0.15, 0.2) is 5.96 Å². The molecule has 154 valence electrons. The van der Waals surface area contributed by atoms with E-state index in [9.17, 15) is 0 Å². The molecule has 3 aromatic rings. The number of anilines is 1. The largest absolute Gasteiger partial charge is 0.362 e. The first-order valence-electron chi connectivity index (χ1n) is 10.2. The molecule has 0 aliphatic rings. The van der Waals surface area contributed by atoms with Crippen LogP contribution in [0, 0.1) is 6.92 Å². The van der Waals surface area contributed by atoms with Crippen LogP contribution in [0.5, 0.6) is 0 Å². The van der Waals surface area contributed by atoms with Gasteiger partial charge in [0, 0.05) is 45.5 Å². The molecular formula is C22H31N7. The number of nitrogens with zero attached hydrogens (tertiary/aromatic N) is 5. The summed E-state index contributed by atoms with van der Waals surface area (Å²) in [5.41, 5.74) is 3.36. The number of aryl methyl sites for hydroxylation is 2. The minimum atomic E-state index is 0.585. The summed E-state index contributed by atoms with van der Waals surface area (Å²) in [4.78, 5) is 15.8. The second-order valence-electron chi connectivity index (χ2n) is 7.16. The van der Waals surface area contributed by atoms with Crippen molar-refractivity contribution in [2.24, 2.45) is 4.99 Å². The summed E-state index contributed by atoms with van der Waals surface area (Å²) >= 11 is 0. The number of rotatable bonds is 8. The quantitative estimate of drug-likeness (QED) is 0.350. The zero-order chi connectivity index (χ0) is 20.6. The van der Waals surface area contributed by atoms with Crippen LogP contribution in [0.4, 0.5) is 5.82 Å². The molecule has 0 radical (unpaired) electrons. The fraction of sp³-hybridized carbons (Fsp3) is 0.409. The van der Waals surface area contributed by atoms with Gasteiger partial charge in [-0.15, -0.1) is 0 Å². The summed E-state index contributed by atoms with van der Waals surface area (Å²) in [7, 11) is 4.00. The Bertz CT molecular complexity index is 959. The number of imidazole rings is 1. The smallest absolute Gasteiger partial charge is 0.191 e. The Morgan fingerprint density at radius 2 is 1.97 bits per heavy atom. The highest BCUT2D eigenvalue weighted by Crippen LogP contribution is 2.16. The number of nitrogens with one attached hydrogen (secondary N) is 2. The van der Waals surface area contributed by atoms with E-state index in [1.807, 2.05) is 37.3 Å². The number of aromatic nitrogens is 3. The number of pyridine rings is 1. The summed E-state index contributed by atoms with van der Waals surface area (Å²) in [6, 6.07) is 12.3. The van der Waals surface area contributed by atoms with Crippen molar-refractivity contribution in [1.82, 2.24) is 25.2 Å². The molecule has 7 nitrogen and oxygen atoms in total. The van der Waals surface area contributed by atoms with E-state index < -0.39 is 0 Å². The Labute approximate surface area is 172 Å². The molecule has 0 atom stereocenters. The molecule has 0 bridgehead atoms. The maximum absolute atomic E-state index is 4.74. The van der Waals surface area contributed by atoms with E-state index in [1.165, 1.54) is 5.52 Å². The lowest BCUT2D eigenvalue weighted by atomic mass is 10.2. The molecule has 1 aromatic carbocycles. The van der Waals surface area contributed by atoms with Gasteiger partial charge in [-0.05, 0) is 38.5 Å². The molecule has 0 saturated heterocycles. The first kappa shape index (κ1) is 20.6. The molecule has 29 heavy (non-hydrogen) atoms. The predicted molar refractivity (Wildman–Crippen MR) is 120 cm³/mol. The number of para-hydroxylation sites is 2. The Kier molecular flexibility index (Phi) is 7.05. The van der Waals surface area contributed by atoms with Crippen LogP contribution in [0.2, 0.25) is 0 Å². The highest BCUT2D eigenvalue weighted by Gasteiger charge is 2.07. The Hall–Kier alpha value is -3.09. The van der Waals surface area contributed by atoms with E-state index in [4.69, 9.17) is 4.99 Å². The number of hydrogen-bond donors (Lipinski definition) is 2. The van der Waals surface area contributed by atoms with Gasteiger partial charge in [0.1, 0.15) is 11.6 Å². The van der Waals surface area contributed by atoms with E-state index >= 15 is 0 Å². The lowest BCUT2D eigenvalue weighted by Gasteiger charge is -2.16. The summed E-state index contributed by atoms with van der Waals surface area (Å²) in [5, 5.41) is 6.76. The topological polar surface area (TPSA) is 70.4 Å². The summed E-state index contributed by atoms with van der Waals surface area (Å²) in [6.07, 6.45) is 2.80. The van der Waals surface area contributed by atoms with Gasteiger partial charge in [-0.25, -0.2) is 15.0 Å². The van der Waals surface area contributed by atoms with Crippen molar-refractivity contribution >= 4 is 22.8 Å². The maximum Gasteiger partial charge on any atom is 0.191 e. The highest BCUT2D eigenvalue weighted by molar-refractivity contribution is 5.79. The summed E-state index contributed by atoms with van der Waals surface area (Å²) < 4.78 is 2.28. The predicted octanol–water partition coefficient (Wildman–Crippen LogP) is 2.95. The van der Waals surface area contributed by atoms with Crippen molar-refractivity contribution in [3.63, 3.8) is 0 Å². The molecule has 2 heterocycles. The van der Waals surface area contributed by atoms with Gasteiger partial charge in [0.05, 0.1) is 17.6 Å².